The van der Waals surface area contributed by atoms with Gasteiger partial charge in [-0.2, -0.15) is 0 Å². The average molecular weight is 293 g/mol. The molecule has 0 bridgehead atoms. The summed E-state index contributed by atoms with van der Waals surface area (Å²) in [5.74, 6) is -0.272. The number of halogens is 2. The Morgan fingerprint density at radius 2 is 2.27 bits per heavy atom. The van der Waals surface area contributed by atoms with Crippen LogP contribution in [0.2, 0.25) is 0 Å². The van der Waals surface area contributed by atoms with Gasteiger partial charge in [0.25, 0.3) is 0 Å². The fourth-order valence-corrected chi connectivity index (χ4v) is 2.14. The molecular formula is C10H11BrClNO2. The van der Waals surface area contributed by atoms with Crippen molar-refractivity contribution in [2.45, 2.75) is 6.42 Å². The lowest BCUT2D eigenvalue weighted by molar-refractivity contribution is 0.0599. The second kappa shape index (κ2) is 4.86. The lowest BCUT2D eigenvalue weighted by Gasteiger charge is -2.06. The summed E-state index contributed by atoms with van der Waals surface area (Å²) in [5.41, 5.74) is 2.74. The molecule has 1 aromatic rings. The molecule has 0 unspecified atom stereocenters. The lowest BCUT2D eigenvalue weighted by atomic mass is 10.1. The molecule has 82 valence electrons. The fraction of sp³-hybridized carbons (Fsp3) is 0.300. The van der Waals surface area contributed by atoms with Crippen LogP contribution < -0.4 is 5.32 Å². The minimum atomic E-state index is -0.272. The number of hydrogen-bond donors (Lipinski definition) is 1. The van der Waals surface area contributed by atoms with Gasteiger partial charge in [0.05, 0.1) is 12.7 Å². The van der Waals surface area contributed by atoms with Gasteiger partial charge < -0.3 is 10.1 Å². The van der Waals surface area contributed by atoms with Crippen molar-refractivity contribution >= 4 is 40.0 Å². The van der Waals surface area contributed by atoms with Gasteiger partial charge in [-0.05, 0) is 24.1 Å². The van der Waals surface area contributed by atoms with Gasteiger partial charge in [-0.3, -0.25) is 0 Å². The largest absolute Gasteiger partial charge is 0.465 e. The van der Waals surface area contributed by atoms with Crippen LogP contribution in [0.25, 0.3) is 0 Å². The van der Waals surface area contributed by atoms with Crippen molar-refractivity contribution in [3.05, 3.63) is 27.7 Å². The maximum absolute atomic E-state index is 11.5. The molecule has 1 heterocycles. The summed E-state index contributed by atoms with van der Waals surface area (Å²) in [6.45, 7) is 0.885. The molecule has 5 heteroatoms. The van der Waals surface area contributed by atoms with E-state index in [-0.39, 0.29) is 18.4 Å². The number of carbonyl (C=O) groups is 1. The Bertz CT molecular complexity index is 395. The molecule has 15 heavy (non-hydrogen) atoms. The third-order valence-electron chi connectivity index (χ3n) is 2.31. The molecule has 0 radical (unpaired) electrons. The minimum absolute atomic E-state index is 0. The van der Waals surface area contributed by atoms with Crippen LogP contribution in [0.1, 0.15) is 15.9 Å². The van der Waals surface area contributed by atoms with E-state index in [4.69, 9.17) is 4.74 Å². The van der Waals surface area contributed by atoms with E-state index in [2.05, 4.69) is 21.2 Å². The second-order valence-electron chi connectivity index (χ2n) is 3.15. The first-order chi connectivity index (χ1) is 6.72. The van der Waals surface area contributed by atoms with Crippen LogP contribution in [-0.2, 0) is 11.2 Å². The first-order valence-electron chi connectivity index (χ1n) is 4.37. The zero-order chi connectivity index (χ0) is 10.1. The predicted octanol–water partition coefficient (Wildman–Crippen LogP) is 2.63. The van der Waals surface area contributed by atoms with E-state index < -0.39 is 0 Å². The Balaban J connectivity index is 0.00000112. The van der Waals surface area contributed by atoms with Crippen molar-refractivity contribution in [3.8, 4) is 0 Å². The van der Waals surface area contributed by atoms with Gasteiger partial charge in [-0.25, -0.2) is 4.79 Å². The molecule has 0 spiro atoms. The number of nitrogens with one attached hydrogen (secondary N) is 1. The van der Waals surface area contributed by atoms with E-state index >= 15 is 0 Å². The molecule has 0 saturated carbocycles. The van der Waals surface area contributed by atoms with Crippen LogP contribution in [-0.4, -0.2) is 19.6 Å². The summed E-state index contributed by atoms with van der Waals surface area (Å²) in [6, 6.07) is 3.78. The molecule has 1 aliphatic heterocycles. The van der Waals surface area contributed by atoms with Gasteiger partial charge in [0.2, 0.25) is 0 Å². The van der Waals surface area contributed by atoms with E-state index in [1.165, 1.54) is 7.11 Å². The van der Waals surface area contributed by atoms with E-state index in [0.29, 0.717) is 5.56 Å². The van der Waals surface area contributed by atoms with Gasteiger partial charge >= 0.3 is 5.97 Å². The third-order valence-corrected chi connectivity index (χ3v) is 2.77. The maximum Gasteiger partial charge on any atom is 0.338 e. The van der Waals surface area contributed by atoms with Gasteiger partial charge in [-0.1, -0.05) is 15.9 Å². The molecule has 1 aromatic carbocycles. The van der Waals surface area contributed by atoms with Gasteiger partial charge in [0.1, 0.15) is 0 Å². The number of rotatable bonds is 1. The number of anilines is 1. The Morgan fingerprint density at radius 3 is 2.93 bits per heavy atom. The molecule has 3 nitrogen and oxygen atoms in total. The normalized spacial score (nSPS) is 12.4. The summed E-state index contributed by atoms with van der Waals surface area (Å²) in [4.78, 5) is 11.5. The van der Waals surface area contributed by atoms with E-state index in [1.54, 1.807) is 6.07 Å². The Hall–Kier alpha value is -0.740. The highest BCUT2D eigenvalue weighted by Gasteiger charge is 2.19. The second-order valence-corrected chi connectivity index (χ2v) is 4.06. The summed E-state index contributed by atoms with van der Waals surface area (Å²) in [6.07, 6.45) is 0.882. The Morgan fingerprint density at radius 1 is 1.53 bits per heavy atom. The van der Waals surface area contributed by atoms with Crippen molar-refractivity contribution < 1.29 is 9.53 Å². The number of benzene rings is 1. The summed E-state index contributed by atoms with van der Waals surface area (Å²) < 4.78 is 5.62. The summed E-state index contributed by atoms with van der Waals surface area (Å²) in [7, 11) is 1.40. The average Bonchev–Trinajstić information content (AvgIpc) is 2.62. The monoisotopic (exact) mass is 291 g/mol. The van der Waals surface area contributed by atoms with E-state index in [9.17, 15) is 4.79 Å². The van der Waals surface area contributed by atoms with Crippen LogP contribution in [0.4, 0.5) is 5.69 Å². The SMILES string of the molecule is COC(=O)c1cc(Br)cc2c1CCN2.Cl. The Labute approximate surface area is 103 Å². The van der Waals surface area contributed by atoms with Crippen molar-refractivity contribution in [3.63, 3.8) is 0 Å². The smallest absolute Gasteiger partial charge is 0.338 e. The first-order valence-corrected chi connectivity index (χ1v) is 5.16. The highest BCUT2D eigenvalue weighted by molar-refractivity contribution is 9.10. The van der Waals surface area contributed by atoms with Crippen molar-refractivity contribution in [2.75, 3.05) is 19.0 Å². The summed E-state index contributed by atoms with van der Waals surface area (Å²) in [5, 5.41) is 3.22. The molecule has 1 N–H and O–H groups in total. The lowest BCUT2D eigenvalue weighted by Crippen LogP contribution is -2.04. The van der Waals surface area contributed by atoms with E-state index in [0.717, 1.165) is 28.7 Å². The molecule has 0 saturated heterocycles. The molecular weight excluding hydrogens is 281 g/mol. The van der Waals surface area contributed by atoms with Crippen LogP contribution >= 0.6 is 28.3 Å². The zero-order valence-electron chi connectivity index (χ0n) is 8.17. The van der Waals surface area contributed by atoms with Crippen LogP contribution in [0, 0.1) is 0 Å². The minimum Gasteiger partial charge on any atom is -0.465 e. The molecule has 1 aliphatic rings. The molecule has 0 aromatic heterocycles. The Kier molecular flexibility index (Phi) is 3.99. The van der Waals surface area contributed by atoms with Crippen LogP contribution in [0.15, 0.2) is 16.6 Å². The number of methoxy groups -OCH3 is 1. The predicted molar refractivity (Wildman–Crippen MR) is 64.9 cm³/mol. The highest BCUT2D eigenvalue weighted by atomic mass is 79.9. The maximum atomic E-state index is 11.5. The van der Waals surface area contributed by atoms with Crippen molar-refractivity contribution in [1.82, 2.24) is 0 Å². The fourth-order valence-electron chi connectivity index (χ4n) is 1.68. The zero-order valence-corrected chi connectivity index (χ0v) is 10.6. The van der Waals surface area contributed by atoms with E-state index in [1.807, 2.05) is 6.07 Å². The van der Waals surface area contributed by atoms with Gasteiger partial charge in [0, 0.05) is 16.7 Å². The standard InChI is InChI=1S/C10H10BrNO2.ClH/c1-14-10(13)8-4-6(11)5-9-7(8)2-3-12-9;/h4-5,12H,2-3H2,1H3;1H. The van der Waals surface area contributed by atoms with Crippen LogP contribution in [0.5, 0.6) is 0 Å². The van der Waals surface area contributed by atoms with Gasteiger partial charge in [-0.15, -0.1) is 12.4 Å². The molecule has 0 atom stereocenters. The van der Waals surface area contributed by atoms with Crippen LogP contribution in [0.3, 0.4) is 0 Å². The molecule has 2 rings (SSSR count). The topological polar surface area (TPSA) is 38.3 Å². The number of esters is 1. The molecule has 0 aliphatic carbocycles. The third kappa shape index (κ3) is 2.26. The van der Waals surface area contributed by atoms with Gasteiger partial charge in [0.15, 0.2) is 0 Å². The summed E-state index contributed by atoms with van der Waals surface area (Å²) >= 11 is 3.37. The number of fused-ring (bicyclic) bond motifs is 1. The quantitative estimate of drug-likeness (QED) is 0.809. The number of hydrogen-bond acceptors (Lipinski definition) is 3. The number of ether oxygens (including phenoxy) is 1. The first kappa shape index (κ1) is 12.3. The van der Waals surface area contributed by atoms with Crippen molar-refractivity contribution in [2.24, 2.45) is 0 Å². The van der Waals surface area contributed by atoms with Crippen molar-refractivity contribution in [1.29, 1.82) is 0 Å². The number of carbonyl (C=O) groups excluding carboxylic acids is 1. The highest BCUT2D eigenvalue weighted by Crippen LogP contribution is 2.30. The molecule has 0 amide bonds. The molecule has 0 fully saturated rings.